The SMILES string of the molecule is Cc1ccc(Cl)cc1NCCC(=O)N(C)c1ccccc1. The van der Waals surface area contributed by atoms with Crippen LogP contribution in [0.5, 0.6) is 0 Å². The van der Waals surface area contributed by atoms with E-state index in [1.54, 1.807) is 11.9 Å². The van der Waals surface area contributed by atoms with Gasteiger partial charge in [0, 0.05) is 36.4 Å². The molecule has 2 rings (SSSR count). The predicted octanol–water partition coefficient (Wildman–Crippen LogP) is 4.11. The van der Waals surface area contributed by atoms with Crippen molar-refractivity contribution in [1.29, 1.82) is 0 Å². The zero-order chi connectivity index (χ0) is 15.2. The Hall–Kier alpha value is -2.00. The highest BCUT2D eigenvalue weighted by Gasteiger charge is 2.10. The number of benzene rings is 2. The smallest absolute Gasteiger partial charge is 0.228 e. The van der Waals surface area contributed by atoms with E-state index in [1.165, 1.54) is 0 Å². The number of amides is 1. The molecule has 0 aromatic heterocycles. The van der Waals surface area contributed by atoms with Gasteiger partial charge in [0.2, 0.25) is 5.91 Å². The third kappa shape index (κ3) is 4.23. The molecule has 0 aliphatic carbocycles. The Kier molecular flexibility index (Phi) is 5.23. The molecule has 0 aliphatic heterocycles. The first-order valence-corrected chi connectivity index (χ1v) is 7.27. The van der Waals surface area contributed by atoms with Gasteiger partial charge in [0.1, 0.15) is 0 Å². The summed E-state index contributed by atoms with van der Waals surface area (Å²) < 4.78 is 0. The summed E-state index contributed by atoms with van der Waals surface area (Å²) in [6, 6.07) is 15.3. The summed E-state index contributed by atoms with van der Waals surface area (Å²) in [5.41, 5.74) is 2.99. The second kappa shape index (κ2) is 7.14. The molecule has 1 amide bonds. The summed E-state index contributed by atoms with van der Waals surface area (Å²) in [5.74, 6) is 0.0772. The Morgan fingerprint density at radius 3 is 2.62 bits per heavy atom. The lowest BCUT2D eigenvalue weighted by Crippen LogP contribution is -2.27. The molecule has 0 fully saturated rings. The van der Waals surface area contributed by atoms with E-state index in [0.717, 1.165) is 16.9 Å². The molecule has 0 heterocycles. The maximum atomic E-state index is 12.1. The van der Waals surface area contributed by atoms with E-state index < -0.39 is 0 Å². The Morgan fingerprint density at radius 2 is 1.90 bits per heavy atom. The van der Waals surface area contributed by atoms with E-state index in [0.29, 0.717) is 18.0 Å². The lowest BCUT2D eigenvalue weighted by atomic mass is 10.2. The van der Waals surface area contributed by atoms with Crippen LogP contribution in [0.4, 0.5) is 11.4 Å². The van der Waals surface area contributed by atoms with E-state index in [-0.39, 0.29) is 5.91 Å². The average Bonchev–Trinajstić information content (AvgIpc) is 2.50. The number of halogens is 1. The Balaban J connectivity index is 1.88. The zero-order valence-electron chi connectivity index (χ0n) is 12.3. The van der Waals surface area contributed by atoms with Crippen LogP contribution < -0.4 is 10.2 Å². The molecular formula is C17H19ClN2O. The second-order valence-corrected chi connectivity index (χ2v) is 5.36. The van der Waals surface area contributed by atoms with E-state index in [4.69, 9.17) is 11.6 Å². The van der Waals surface area contributed by atoms with Crippen LogP contribution in [0.1, 0.15) is 12.0 Å². The minimum Gasteiger partial charge on any atom is -0.384 e. The number of carbonyl (C=O) groups excluding carboxylic acids is 1. The van der Waals surface area contributed by atoms with Crippen molar-refractivity contribution >= 4 is 28.9 Å². The molecule has 0 saturated carbocycles. The van der Waals surface area contributed by atoms with Crippen molar-refractivity contribution in [3.05, 3.63) is 59.1 Å². The molecule has 1 N–H and O–H groups in total. The van der Waals surface area contributed by atoms with Crippen molar-refractivity contribution in [3.63, 3.8) is 0 Å². The first-order valence-electron chi connectivity index (χ1n) is 6.89. The Labute approximate surface area is 130 Å². The van der Waals surface area contributed by atoms with Crippen LogP contribution in [0, 0.1) is 6.92 Å². The molecule has 0 bridgehead atoms. The van der Waals surface area contributed by atoms with E-state index in [2.05, 4.69) is 5.32 Å². The number of rotatable bonds is 5. The fourth-order valence-electron chi connectivity index (χ4n) is 2.05. The van der Waals surface area contributed by atoms with Gasteiger partial charge in [-0.2, -0.15) is 0 Å². The van der Waals surface area contributed by atoms with Gasteiger partial charge in [-0.15, -0.1) is 0 Å². The van der Waals surface area contributed by atoms with Crippen LogP contribution >= 0.6 is 11.6 Å². The first-order chi connectivity index (χ1) is 10.1. The Morgan fingerprint density at radius 1 is 1.19 bits per heavy atom. The third-order valence-electron chi connectivity index (χ3n) is 3.37. The maximum Gasteiger partial charge on any atom is 0.228 e. The van der Waals surface area contributed by atoms with E-state index >= 15 is 0 Å². The van der Waals surface area contributed by atoms with Gasteiger partial charge in [0.25, 0.3) is 0 Å². The van der Waals surface area contributed by atoms with Gasteiger partial charge in [0.05, 0.1) is 0 Å². The molecule has 0 spiro atoms. The number of para-hydroxylation sites is 1. The number of carbonyl (C=O) groups is 1. The summed E-state index contributed by atoms with van der Waals surface area (Å²) in [6.07, 6.45) is 0.428. The molecule has 110 valence electrons. The highest BCUT2D eigenvalue weighted by atomic mass is 35.5. The quantitative estimate of drug-likeness (QED) is 0.901. The van der Waals surface area contributed by atoms with Crippen molar-refractivity contribution in [3.8, 4) is 0 Å². The van der Waals surface area contributed by atoms with Crippen molar-refractivity contribution in [2.45, 2.75) is 13.3 Å². The van der Waals surface area contributed by atoms with Crippen molar-refractivity contribution in [1.82, 2.24) is 0 Å². The minimum atomic E-state index is 0.0772. The van der Waals surface area contributed by atoms with Crippen LogP contribution in [0.25, 0.3) is 0 Å². The molecular weight excluding hydrogens is 284 g/mol. The van der Waals surface area contributed by atoms with Gasteiger partial charge in [0.15, 0.2) is 0 Å². The standard InChI is InChI=1S/C17H19ClN2O/c1-13-8-9-14(18)12-16(13)19-11-10-17(21)20(2)15-6-4-3-5-7-15/h3-9,12,19H,10-11H2,1-2H3. The zero-order valence-corrected chi connectivity index (χ0v) is 13.0. The second-order valence-electron chi connectivity index (χ2n) is 4.92. The molecule has 2 aromatic rings. The fourth-order valence-corrected chi connectivity index (χ4v) is 2.22. The molecule has 0 radical (unpaired) electrons. The van der Waals surface area contributed by atoms with Crippen molar-refractivity contribution in [2.75, 3.05) is 23.8 Å². The monoisotopic (exact) mass is 302 g/mol. The van der Waals surface area contributed by atoms with Gasteiger partial charge in [-0.25, -0.2) is 0 Å². The number of anilines is 2. The normalized spacial score (nSPS) is 10.2. The average molecular weight is 303 g/mol. The number of nitrogens with one attached hydrogen (secondary N) is 1. The van der Waals surface area contributed by atoms with Crippen molar-refractivity contribution < 1.29 is 4.79 Å². The molecule has 4 heteroatoms. The summed E-state index contributed by atoms with van der Waals surface area (Å²) in [5, 5.41) is 3.95. The van der Waals surface area contributed by atoms with Crippen LogP contribution in [-0.4, -0.2) is 19.5 Å². The van der Waals surface area contributed by atoms with Crippen LogP contribution in [0.3, 0.4) is 0 Å². The molecule has 0 aliphatic rings. The van der Waals surface area contributed by atoms with Crippen LogP contribution in [-0.2, 0) is 4.79 Å². The minimum absolute atomic E-state index is 0.0772. The van der Waals surface area contributed by atoms with Gasteiger partial charge in [-0.1, -0.05) is 35.9 Å². The fraction of sp³-hybridized carbons (Fsp3) is 0.235. The first kappa shape index (κ1) is 15.4. The number of aryl methyl sites for hydroxylation is 1. The van der Waals surface area contributed by atoms with E-state index in [9.17, 15) is 4.79 Å². The van der Waals surface area contributed by atoms with Gasteiger partial charge in [-0.05, 0) is 36.8 Å². The number of hydrogen-bond donors (Lipinski definition) is 1. The summed E-state index contributed by atoms with van der Waals surface area (Å²) >= 11 is 5.97. The largest absolute Gasteiger partial charge is 0.384 e. The van der Waals surface area contributed by atoms with Gasteiger partial charge in [-0.3, -0.25) is 4.79 Å². The number of hydrogen-bond acceptors (Lipinski definition) is 2. The topological polar surface area (TPSA) is 32.3 Å². The third-order valence-corrected chi connectivity index (χ3v) is 3.61. The Bertz CT molecular complexity index is 613. The summed E-state index contributed by atoms with van der Waals surface area (Å²) in [4.78, 5) is 13.8. The molecule has 2 aromatic carbocycles. The molecule has 21 heavy (non-hydrogen) atoms. The molecule has 3 nitrogen and oxygen atoms in total. The molecule has 0 saturated heterocycles. The predicted molar refractivity (Wildman–Crippen MR) is 89.1 cm³/mol. The van der Waals surface area contributed by atoms with Gasteiger partial charge >= 0.3 is 0 Å². The summed E-state index contributed by atoms with van der Waals surface area (Å²) in [6.45, 7) is 2.59. The maximum absolute atomic E-state index is 12.1. The lowest BCUT2D eigenvalue weighted by molar-refractivity contribution is -0.118. The van der Waals surface area contributed by atoms with E-state index in [1.807, 2.05) is 55.5 Å². The van der Waals surface area contributed by atoms with Crippen molar-refractivity contribution in [2.24, 2.45) is 0 Å². The summed E-state index contributed by atoms with van der Waals surface area (Å²) in [7, 11) is 1.79. The lowest BCUT2D eigenvalue weighted by Gasteiger charge is -2.18. The van der Waals surface area contributed by atoms with Crippen LogP contribution in [0.2, 0.25) is 5.02 Å². The van der Waals surface area contributed by atoms with Crippen LogP contribution in [0.15, 0.2) is 48.5 Å². The molecule has 0 atom stereocenters. The van der Waals surface area contributed by atoms with Gasteiger partial charge < -0.3 is 10.2 Å². The highest BCUT2D eigenvalue weighted by Crippen LogP contribution is 2.20. The molecule has 0 unspecified atom stereocenters. The number of nitrogens with zero attached hydrogens (tertiary/aromatic N) is 1. The highest BCUT2D eigenvalue weighted by molar-refractivity contribution is 6.30.